The molecule has 1 fully saturated rings. The second-order valence-corrected chi connectivity index (χ2v) is 5.90. The molecule has 1 aliphatic heterocycles. The van der Waals surface area contributed by atoms with Gasteiger partial charge in [0.15, 0.2) is 0 Å². The van der Waals surface area contributed by atoms with Gasteiger partial charge >= 0.3 is 0 Å². The molecule has 128 valence electrons. The largest absolute Gasteiger partial charge is 0.334 e. The predicted octanol–water partition coefficient (Wildman–Crippen LogP) is 1.97. The summed E-state index contributed by atoms with van der Waals surface area (Å²) in [5.74, 6) is 3.03. The number of hydrogen-bond donors (Lipinski definition) is 0. The summed E-state index contributed by atoms with van der Waals surface area (Å²) in [5, 5.41) is 1.66. The number of rotatable bonds is 2. The van der Waals surface area contributed by atoms with Crippen LogP contribution in [0.4, 0.5) is 5.95 Å². The Morgan fingerprint density at radius 3 is 2.64 bits per heavy atom. The first-order valence-electron chi connectivity index (χ1n) is 8.15. The highest BCUT2D eigenvalue weighted by Gasteiger charge is 2.22. The third-order valence-corrected chi connectivity index (χ3v) is 3.94. The molecule has 3 rings (SSSR count). The monoisotopic (exact) mass is 336 g/mol. The Hall–Kier alpha value is -2.91. The van der Waals surface area contributed by atoms with Crippen LogP contribution in [-0.2, 0) is 4.84 Å². The van der Waals surface area contributed by atoms with Gasteiger partial charge in [-0.3, -0.25) is 9.63 Å². The van der Waals surface area contributed by atoms with E-state index in [0.29, 0.717) is 43.3 Å². The summed E-state index contributed by atoms with van der Waals surface area (Å²) in [6.07, 6.45) is 5.41. The average molecular weight is 336 g/mol. The molecule has 6 nitrogen and oxygen atoms in total. The van der Waals surface area contributed by atoms with Gasteiger partial charge in [-0.05, 0) is 38.1 Å². The number of benzene rings is 1. The quantitative estimate of drug-likeness (QED) is 0.785. The first-order chi connectivity index (χ1) is 12.1. The summed E-state index contributed by atoms with van der Waals surface area (Å²) >= 11 is 0. The van der Waals surface area contributed by atoms with E-state index >= 15 is 0 Å². The second kappa shape index (κ2) is 7.32. The molecule has 1 amide bonds. The summed E-state index contributed by atoms with van der Waals surface area (Å²) in [4.78, 5) is 29.1. The molecule has 0 bridgehead atoms. The van der Waals surface area contributed by atoms with Crippen molar-refractivity contribution < 1.29 is 9.63 Å². The van der Waals surface area contributed by atoms with Gasteiger partial charge in [-0.25, -0.2) is 15.0 Å². The number of carbonyl (C=O) groups excluding carboxylic acids is 1. The van der Waals surface area contributed by atoms with Crippen LogP contribution >= 0.6 is 0 Å². The lowest BCUT2D eigenvalue weighted by atomic mass is 10.1. The van der Waals surface area contributed by atoms with Gasteiger partial charge in [-0.1, -0.05) is 12.0 Å². The number of terminal acetylenes is 1. The molecule has 6 heteroatoms. The van der Waals surface area contributed by atoms with Crippen molar-refractivity contribution in [3.8, 4) is 12.3 Å². The minimum atomic E-state index is -0.0520. The van der Waals surface area contributed by atoms with Crippen molar-refractivity contribution in [2.45, 2.75) is 13.8 Å². The van der Waals surface area contributed by atoms with Gasteiger partial charge in [0.2, 0.25) is 5.95 Å². The number of hydrogen-bond acceptors (Lipinski definition) is 5. The fourth-order valence-corrected chi connectivity index (χ4v) is 2.75. The van der Waals surface area contributed by atoms with Crippen LogP contribution in [-0.4, -0.2) is 47.0 Å². The van der Waals surface area contributed by atoms with E-state index in [0.717, 1.165) is 11.4 Å². The predicted molar refractivity (Wildman–Crippen MR) is 95.1 cm³/mol. The highest BCUT2D eigenvalue weighted by Crippen LogP contribution is 2.14. The van der Waals surface area contributed by atoms with Gasteiger partial charge in [0.25, 0.3) is 5.91 Å². The van der Waals surface area contributed by atoms with E-state index in [-0.39, 0.29) is 5.91 Å². The summed E-state index contributed by atoms with van der Waals surface area (Å²) in [6.45, 7) is 5.75. The van der Waals surface area contributed by atoms with Crippen LogP contribution < -0.4 is 5.06 Å². The van der Waals surface area contributed by atoms with Crippen LogP contribution in [0.15, 0.2) is 30.3 Å². The highest BCUT2D eigenvalue weighted by atomic mass is 16.7. The zero-order valence-electron chi connectivity index (χ0n) is 14.4. The van der Waals surface area contributed by atoms with E-state index < -0.39 is 0 Å². The van der Waals surface area contributed by atoms with Crippen LogP contribution in [0.5, 0.6) is 0 Å². The first-order valence-corrected chi connectivity index (χ1v) is 8.15. The first kappa shape index (κ1) is 16.9. The van der Waals surface area contributed by atoms with E-state index in [1.165, 1.54) is 0 Å². The molecule has 0 atom stereocenters. The number of aryl methyl sites for hydroxylation is 2. The minimum absolute atomic E-state index is 0.0520. The number of nitrogens with zero attached hydrogens (tertiary/aromatic N) is 4. The minimum Gasteiger partial charge on any atom is -0.334 e. The summed E-state index contributed by atoms with van der Waals surface area (Å²) in [5.41, 5.74) is 3.05. The van der Waals surface area contributed by atoms with Gasteiger partial charge in [0.1, 0.15) is 0 Å². The van der Waals surface area contributed by atoms with E-state index in [1.54, 1.807) is 28.2 Å². The van der Waals surface area contributed by atoms with Crippen molar-refractivity contribution in [1.82, 2.24) is 14.9 Å². The standard InChI is InChI=1S/C19H20N4O2/c1-4-16-6-5-7-17(13-16)18(24)22-8-9-23(25-11-10-22)19-20-14(2)12-15(3)21-19/h1,5-7,12-13H,8-11H2,2-3H3. The van der Waals surface area contributed by atoms with Crippen molar-refractivity contribution in [2.75, 3.05) is 31.3 Å². The van der Waals surface area contributed by atoms with Gasteiger partial charge in [0.05, 0.1) is 13.2 Å². The number of anilines is 1. The molecule has 0 spiro atoms. The molecule has 1 aliphatic rings. The van der Waals surface area contributed by atoms with E-state index in [4.69, 9.17) is 11.3 Å². The molecule has 0 radical (unpaired) electrons. The van der Waals surface area contributed by atoms with Crippen LogP contribution in [0.2, 0.25) is 0 Å². The van der Waals surface area contributed by atoms with Crippen LogP contribution in [0, 0.1) is 26.2 Å². The van der Waals surface area contributed by atoms with Crippen LogP contribution in [0.3, 0.4) is 0 Å². The topological polar surface area (TPSA) is 58.6 Å². The van der Waals surface area contributed by atoms with Gasteiger partial charge in [0, 0.05) is 35.6 Å². The Kier molecular flexibility index (Phi) is 4.96. The lowest BCUT2D eigenvalue weighted by Gasteiger charge is -2.21. The zero-order chi connectivity index (χ0) is 17.8. The maximum absolute atomic E-state index is 12.7. The van der Waals surface area contributed by atoms with Gasteiger partial charge in [-0.15, -0.1) is 6.42 Å². The van der Waals surface area contributed by atoms with Crippen molar-refractivity contribution in [3.63, 3.8) is 0 Å². The third-order valence-electron chi connectivity index (χ3n) is 3.94. The molecular formula is C19H20N4O2. The van der Waals surface area contributed by atoms with E-state index in [1.807, 2.05) is 26.0 Å². The second-order valence-electron chi connectivity index (χ2n) is 5.90. The summed E-state index contributed by atoms with van der Waals surface area (Å²) in [6, 6.07) is 9.03. The molecule has 0 N–H and O–H groups in total. The van der Waals surface area contributed by atoms with Crippen LogP contribution in [0.25, 0.3) is 0 Å². The van der Waals surface area contributed by atoms with Crippen molar-refractivity contribution >= 4 is 11.9 Å². The van der Waals surface area contributed by atoms with Crippen LogP contribution in [0.1, 0.15) is 27.3 Å². The maximum atomic E-state index is 12.7. The Morgan fingerprint density at radius 1 is 1.16 bits per heavy atom. The SMILES string of the molecule is C#Cc1cccc(C(=O)N2CCON(c3nc(C)cc(C)n3)CC2)c1. The molecule has 0 aliphatic carbocycles. The fourth-order valence-electron chi connectivity index (χ4n) is 2.75. The Morgan fingerprint density at radius 2 is 1.92 bits per heavy atom. The normalized spacial score (nSPS) is 14.8. The third kappa shape index (κ3) is 3.95. The van der Waals surface area contributed by atoms with Gasteiger partial charge < -0.3 is 4.90 Å². The number of carbonyl (C=O) groups is 1. The average Bonchev–Trinajstić information content (AvgIpc) is 2.86. The smallest absolute Gasteiger partial charge is 0.254 e. The van der Waals surface area contributed by atoms with Crippen molar-refractivity contribution in [3.05, 3.63) is 52.8 Å². The molecule has 2 aromatic rings. The number of aromatic nitrogens is 2. The maximum Gasteiger partial charge on any atom is 0.254 e. The molecule has 0 unspecified atom stereocenters. The number of amides is 1. The Bertz CT molecular complexity index is 808. The van der Waals surface area contributed by atoms with E-state index in [9.17, 15) is 4.79 Å². The molecule has 1 aromatic heterocycles. The lowest BCUT2D eigenvalue weighted by molar-refractivity contribution is 0.0729. The molecular weight excluding hydrogens is 316 g/mol. The van der Waals surface area contributed by atoms with Crippen molar-refractivity contribution in [2.24, 2.45) is 0 Å². The lowest BCUT2D eigenvalue weighted by Crippen LogP contribution is -2.35. The van der Waals surface area contributed by atoms with Crippen molar-refractivity contribution in [1.29, 1.82) is 0 Å². The molecule has 2 heterocycles. The summed E-state index contributed by atoms with van der Waals surface area (Å²) < 4.78 is 0. The molecule has 1 saturated heterocycles. The molecule has 25 heavy (non-hydrogen) atoms. The Labute approximate surface area is 147 Å². The Balaban J connectivity index is 1.72. The fraction of sp³-hybridized carbons (Fsp3) is 0.316. The molecule has 1 aromatic carbocycles. The van der Waals surface area contributed by atoms with E-state index in [2.05, 4.69) is 15.9 Å². The highest BCUT2D eigenvalue weighted by molar-refractivity contribution is 5.94. The van der Waals surface area contributed by atoms with Gasteiger partial charge in [-0.2, -0.15) is 0 Å². The zero-order valence-corrected chi connectivity index (χ0v) is 14.4. The number of hydroxylamine groups is 1. The summed E-state index contributed by atoms with van der Waals surface area (Å²) in [7, 11) is 0. The molecule has 0 saturated carbocycles.